The van der Waals surface area contributed by atoms with E-state index in [1.165, 1.54) is 6.42 Å². The second-order valence-electron chi connectivity index (χ2n) is 6.17. The predicted molar refractivity (Wildman–Crippen MR) is 83.5 cm³/mol. The normalized spacial score (nSPS) is 21.3. The lowest BCUT2D eigenvalue weighted by Crippen LogP contribution is -2.15. The summed E-state index contributed by atoms with van der Waals surface area (Å²) in [5.41, 5.74) is 0.380. The predicted octanol–water partition coefficient (Wildman–Crippen LogP) is 4.37. The van der Waals surface area contributed by atoms with Crippen LogP contribution in [0.1, 0.15) is 40.0 Å². The fourth-order valence-corrected chi connectivity index (χ4v) is 2.68. The Bertz CT molecular complexity index is 519. The molecule has 0 aromatic heterocycles. The molecule has 0 aliphatic heterocycles. The Morgan fingerprint density at radius 1 is 1.24 bits per heavy atom. The standard InChI is InChI=1S/C18H24O3/c1-12(2)14-9-10-15(11-14)20-16-7-5-6-8-17(16)21-18(19)13(3)4/h5-8,12,14-15H,3,9-11H2,1-2,4H3. The molecular formula is C18H24O3. The van der Waals surface area contributed by atoms with E-state index < -0.39 is 5.97 Å². The van der Waals surface area contributed by atoms with E-state index in [0.717, 1.165) is 18.8 Å². The third kappa shape index (κ3) is 4.10. The maximum absolute atomic E-state index is 11.7. The van der Waals surface area contributed by atoms with Gasteiger partial charge < -0.3 is 9.47 Å². The molecule has 114 valence electrons. The first-order chi connectivity index (χ1) is 9.97. The molecular weight excluding hydrogens is 264 g/mol. The largest absolute Gasteiger partial charge is 0.487 e. The van der Waals surface area contributed by atoms with Gasteiger partial charge in [0.15, 0.2) is 11.5 Å². The van der Waals surface area contributed by atoms with Gasteiger partial charge in [-0.25, -0.2) is 4.79 Å². The molecule has 0 saturated heterocycles. The second kappa shape index (κ2) is 6.79. The van der Waals surface area contributed by atoms with Gasteiger partial charge >= 0.3 is 5.97 Å². The van der Waals surface area contributed by atoms with E-state index in [1.54, 1.807) is 13.0 Å². The van der Waals surface area contributed by atoms with Crippen LogP contribution in [0.4, 0.5) is 0 Å². The quantitative estimate of drug-likeness (QED) is 0.458. The third-order valence-corrected chi connectivity index (χ3v) is 4.06. The minimum absolute atomic E-state index is 0.210. The Hall–Kier alpha value is -1.77. The molecule has 1 aliphatic rings. The molecule has 1 aromatic carbocycles. The van der Waals surface area contributed by atoms with Crippen molar-refractivity contribution in [3.8, 4) is 11.5 Å². The molecule has 21 heavy (non-hydrogen) atoms. The van der Waals surface area contributed by atoms with Crippen molar-refractivity contribution in [3.05, 3.63) is 36.4 Å². The third-order valence-electron chi connectivity index (χ3n) is 4.06. The number of carbonyl (C=O) groups excluding carboxylic acids is 1. The van der Waals surface area contributed by atoms with Crippen molar-refractivity contribution in [2.75, 3.05) is 0 Å². The fourth-order valence-electron chi connectivity index (χ4n) is 2.68. The molecule has 1 aromatic rings. The van der Waals surface area contributed by atoms with E-state index in [0.29, 0.717) is 23.0 Å². The fraction of sp³-hybridized carbons (Fsp3) is 0.500. The molecule has 0 amide bonds. The Balaban J connectivity index is 2.04. The van der Waals surface area contributed by atoms with Crippen molar-refractivity contribution in [1.82, 2.24) is 0 Å². The first-order valence-electron chi connectivity index (χ1n) is 7.60. The molecule has 2 unspecified atom stereocenters. The van der Waals surface area contributed by atoms with Crippen LogP contribution in [0.25, 0.3) is 0 Å². The van der Waals surface area contributed by atoms with Crippen LogP contribution in [0, 0.1) is 11.8 Å². The molecule has 0 bridgehead atoms. The zero-order valence-electron chi connectivity index (χ0n) is 13.1. The second-order valence-corrected chi connectivity index (χ2v) is 6.17. The van der Waals surface area contributed by atoms with E-state index in [2.05, 4.69) is 20.4 Å². The van der Waals surface area contributed by atoms with Crippen molar-refractivity contribution in [1.29, 1.82) is 0 Å². The average Bonchev–Trinajstić information content (AvgIpc) is 2.89. The Labute approximate surface area is 127 Å². The Morgan fingerprint density at radius 2 is 1.90 bits per heavy atom. The van der Waals surface area contributed by atoms with Gasteiger partial charge in [0, 0.05) is 5.57 Å². The van der Waals surface area contributed by atoms with Gasteiger partial charge in [0.25, 0.3) is 0 Å². The topological polar surface area (TPSA) is 35.5 Å². The SMILES string of the molecule is C=C(C)C(=O)Oc1ccccc1OC1CCC(C(C)C)C1. The van der Waals surface area contributed by atoms with E-state index in [4.69, 9.17) is 9.47 Å². The van der Waals surface area contributed by atoms with Gasteiger partial charge in [0.2, 0.25) is 0 Å². The highest BCUT2D eigenvalue weighted by atomic mass is 16.6. The first kappa shape index (κ1) is 15.6. The van der Waals surface area contributed by atoms with E-state index >= 15 is 0 Å². The number of carbonyl (C=O) groups is 1. The molecule has 2 rings (SSSR count). The number of hydrogen-bond donors (Lipinski definition) is 0. The summed E-state index contributed by atoms with van der Waals surface area (Å²) in [6, 6.07) is 7.33. The summed E-state index contributed by atoms with van der Waals surface area (Å²) < 4.78 is 11.4. The maximum Gasteiger partial charge on any atom is 0.338 e. The van der Waals surface area contributed by atoms with Gasteiger partial charge in [-0.3, -0.25) is 0 Å². The minimum atomic E-state index is -0.419. The maximum atomic E-state index is 11.7. The number of benzene rings is 1. The van der Waals surface area contributed by atoms with Crippen molar-refractivity contribution < 1.29 is 14.3 Å². The number of para-hydroxylation sites is 2. The van der Waals surface area contributed by atoms with Crippen molar-refractivity contribution >= 4 is 5.97 Å². The van der Waals surface area contributed by atoms with Crippen molar-refractivity contribution in [3.63, 3.8) is 0 Å². The number of ether oxygens (including phenoxy) is 2. The molecule has 0 N–H and O–H groups in total. The van der Waals surface area contributed by atoms with Gasteiger partial charge in [0.1, 0.15) is 0 Å². The minimum Gasteiger partial charge on any atom is -0.487 e. The van der Waals surface area contributed by atoms with E-state index in [9.17, 15) is 4.79 Å². The van der Waals surface area contributed by atoms with Crippen LogP contribution in [-0.2, 0) is 4.79 Å². The average molecular weight is 288 g/mol. The van der Waals surface area contributed by atoms with Gasteiger partial charge in [-0.1, -0.05) is 32.6 Å². The van der Waals surface area contributed by atoms with Crippen LogP contribution >= 0.6 is 0 Å². The highest BCUT2D eigenvalue weighted by Crippen LogP contribution is 2.36. The van der Waals surface area contributed by atoms with Crippen LogP contribution in [0.15, 0.2) is 36.4 Å². The molecule has 1 fully saturated rings. The summed E-state index contributed by atoms with van der Waals surface area (Å²) in [6.45, 7) is 9.75. The highest BCUT2D eigenvalue weighted by Gasteiger charge is 2.28. The summed E-state index contributed by atoms with van der Waals surface area (Å²) in [6.07, 6.45) is 3.55. The van der Waals surface area contributed by atoms with Crippen LogP contribution in [-0.4, -0.2) is 12.1 Å². The van der Waals surface area contributed by atoms with Crippen molar-refractivity contribution in [2.24, 2.45) is 11.8 Å². The zero-order valence-corrected chi connectivity index (χ0v) is 13.1. The number of hydrogen-bond acceptors (Lipinski definition) is 3. The van der Waals surface area contributed by atoms with Crippen LogP contribution in [0.3, 0.4) is 0 Å². The van der Waals surface area contributed by atoms with E-state index in [1.807, 2.05) is 18.2 Å². The molecule has 0 heterocycles. The molecule has 2 atom stereocenters. The smallest absolute Gasteiger partial charge is 0.338 e. The van der Waals surface area contributed by atoms with Gasteiger partial charge in [0.05, 0.1) is 6.10 Å². The van der Waals surface area contributed by atoms with E-state index in [-0.39, 0.29) is 6.10 Å². The summed E-state index contributed by atoms with van der Waals surface area (Å²) in [7, 11) is 0. The Morgan fingerprint density at radius 3 is 2.48 bits per heavy atom. The lowest BCUT2D eigenvalue weighted by atomic mass is 9.95. The van der Waals surface area contributed by atoms with Gasteiger partial charge in [-0.2, -0.15) is 0 Å². The molecule has 3 nitrogen and oxygen atoms in total. The Kier molecular flexibility index (Phi) is 5.05. The molecule has 0 radical (unpaired) electrons. The lowest BCUT2D eigenvalue weighted by Gasteiger charge is -2.18. The van der Waals surface area contributed by atoms with Crippen molar-refractivity contribution in [2.45, 2.75) is 46.1 Å². The van der Waals surface area contributed by atoms with Crippen LogP contribution < -0.4 is 9.47 Å². The first-order valence-corrected chi connectivity index (χ1v) is 7.60. The van der Waals surface area contributed by atoms with Crippen LogP contribution in [0.5, 0.6) is 11.5 Å². The van der Waals surface area contributed by atoms with Gasteiger partial charge in [-0.05, 0) is 50.2 Å². The molecule has 1 aliphatic carbocycles. The van der Waals surface area contributed by atoms with Gasteiger partial charge in [-0.15, -0.1) is 0 Å². The molecule has 0 spiro atoms. The summed E-state index contributed by atoms with van der Waals surface area (Å²) in [4.78, 5) is 11.7. The highest BCUT2D eigenvalue weighted by molar-refractivity contribution is 5.89. The molecule has 1 saturated carbocycles. The summed E-state index contributed by atoms with van der Waals surface area (Å²) >= 11 is 0. The molecule has 3 heteroatoms. The number of rotatable bonds is 5. The lowest BCUT2D eigenvalue weighted by molar-refractivity contribution is -0.130. The summed E-state index contributed by atoms with van der Waals surface area (Å²) in [5, 5.41) is 0. The zero-order chi connectivity index (χ0) is 15.4. The van der Waals surface area contributed by atoms with Crippen LogP contribution in [0.2, 0.25) is 0 Å². The summed E-state index contributed by atoms with van der Waals surface area (Å²) in [5.74, 6) is 2.10. The monoisotopic (exact) mass is 288 g/mol. The number of esters is 1.